The molecule has 0 spiro atoms. The van der Waals surface area contributed by atoms with Gasteiger partial charge in [-0.3, -0.25) is 4.79 Å². The molecule has 154 valence electrons. The van der Waals surface area contributed by atoms with Crippen LogP contribution >= 0.6 is 0 Å². The van der Waals surface area contributed by atoms with E-state index in [1.807, 2.05) is 0 Å². The molecular weight excluding hydrogens is 378 g/mol. The standard InChI is InChI=1S/C20H29N3O4S/c1-4-6-7-8-9-20(24)21-16-10-11-18(27-3)19(14-16)28(25,26)22-17-12-13-23(5-2)15-17/h2,10-11,14,17,22H,4,6-9,12-13,15H2,1,3H3,(H,21,24)/t17-/m1/s1. The molecule has 1 aliphatic heterocycles. The molecular formula is C20H29N3O4S. The molecule has 0 radical (unpaired) electrons. The van der Waals surface area contributed by atoms with Gasteiger partial charge in [-0.05, 0) is 31.0 Å². The fraction of sp³-hybridized carbons (Fsp3) is 0.550. The van der Waals surface area contributed by atoms with Crippen LogP contribution < -0.4 is 14.8 Å². The minimum Gasteiger partial charge on any atom is -0.495 e. The van der Waals surface area contributed by atoms with Gasteiger partial charge in [0.1, 0.15) is 10.6 Å². The Kier molecular flexibility index (Phi) is 8.15. The highest BCUT2D eigenvalue weighted by atomic mass is 32.2. The molecule has 0 saturated carbocycles. The number of unbranched alkanes of at least 4 members (excludes halogenated alkanes) is 3. The first-order chi connectivity index (χ1) is 13.4. The van der Waals surface area contributed by atoms with Gasteiger partial charge < -0.3 is 15.0 Å². The number of carbonyl (C=O) groups excluding carboxylic acids is 1. The van der Waals surface area contributed by atoms with Crippen molar-refractivity contribution in [1.82, 2.24) is 9.62 Å². The number of ether oxygens (including phenoxy) is 1. The smallest absolute Gasteiger partial charge is 0.244 e. The van der Waals surface area contributed by atoms with E-state index in [1.54, 1.807) is 17.0 Å². The fourth-order valence-corrected chi connectivity index (χ4v) is 4.61. The van der Waals surface area contributed by atoms with Crippen molar-refractivity contribution in [1.29, 1.82) is 0 Å². The van der Waals surface area contributed by atoms with E-state index in [0.717, 1.165) is 25.7 Å². The van der Waals surface area contributed by atoms with E-state index in [2.05, 4.69) is 23.0 Å². The highest BCUT2D eigenvalue weighted by Crippen LogP contribution is 2.28. The molecule has 28 heavy (non-hydrogen) atoms. The largest absolute Gasteiger partial charge is 0.495 e. The predicted molar refractivity (Wildman–Crippen MR) is 110 cm³/mol. The van der Waals surface area contributed by atoms with Gasteiger partial charge in [-0.25, -0.2) is 13.1 Å². The average Bonchev–Trinajstić information content (AvgIpc) is 3.12. The molecule has 1 fully saturated rings. The number of benzene rings is 1. The highest BCUT2D eigenvalue weighted by Gasteiger charge is 2.28. The quantitative estimate of drug-likeness (QED) is 0.460. The molecule has 1 atom stereocenters. The van der Waals surface area contributed by atoms with Gasteiger partial charge in [-0.1, -0.05) is 32.6 Å². The minimum absolute atomic E-state index is 0.00191. The van der Waals surface area contributed by atoms with Gasteiger partial charge >= 0.3 is 0 Å². The zero-order chi connectivity index (χ0) is 20.6. The molecule has 7 nitrogen and oxygen atoms in total. The molecule has 1 heterocycles. The third-order valence-corrected chi connectivity index (χ3v) is 6.23. The summed E-state index contributed by atoms with van der Waals surface area (Å²) in [4.78, 5) is 13.8. The lowest BCUT2D eigenvalue weighted by Gasteiger charge is -2.16. The summed E-state index contributed by atoms with van der Waals surface area (Å²) in [5.74, 6) is 0.0956. The Hall–Kier alpha value is -2.24. The molecule has 0 unspecified atom stereocenters. The second kappa shape index (κ2) is 10.3. The molecule has 0 bridgehead atoms. The fourth-order valence-electron chi connectivity index (χ4n) is 3.16. The molecule has 1 aromatic carbocycles. The summed E-state index contributed by atoms with van der Waals surface area (Å²) in [7, 11) is -2.41. The number of carbonyl (C=O) groups is 1. The number of sulfonamides is 1. The maximum Gasteiger partial charge on any atom is 0.244 e. The Morgan fingerprint density at radius 3 is 2.79 bits per heavy atom. The van der Waals surface area contributed by atoms with Crippen LogP contribution in [0.2, 0.25) is 0 Å². The zero-order valence-corrected chi connectivity index (χ0v) is 17.3. The maximum atomic E-state index is 12.9. The van der Waals surface area contributed by atoms with Crippen LogP contribution in [-0.4, -0.2) is 45.5 Å². The van der Waals surface area contributed by atoms with Crippen LogP contribution in [0, 0.1) is 12.5 Å². The van der Waals surface area contributed by atoms with Gasteiger partial charge in [0.15, 0.2) is 0 Å². The summed E-state index contributed by atoms with van der Waals surface area (Å²) >= 11 is 0. The number of methoxy groups -OCH3 is 1. The van der Waals surface area contributed by atoms with Crippen molar-refractivity contribution in [2.45, 2.75) is 56.4 Å². The first-order valence-electron chi connectivity index (χ1n) is 9.61. The Bertz CT molecular complexity index is 817. The van der Waals surface area contributed by atoms with Crippen molar-refractivity contribution in [2.75, 3.05) is 25.5 Å². The third-order valence-electron chi connectivity index (χ3n) is 4.69. The molecule has 0 aromatic heterocycles. The maximum absolute atomic E-state index is 12.9. The Labute approximate surface area is 167 Å². The number of nitrogens with zero attached hydrogens (tertiary/aromatic N) is 1. The van der Waals surface area contributed by atoms with Crippen LogP contribution in [0.4, 0.5) is 5.69 Å². The van der Waals surface area contributed by atoms with Crippen LogP contribution in [0.15, 0.2) is 23.1 Å². The first-order valence-corrected chi connectivity index (χ1v) is 11.1. The SMILES string of the molecule is C#CN1CC[C@@H](NS(=O)(=O)c2cc(NC(=O)CCCCCC)ccc2OC)C1. The van der Waals surface area contributed by atoms with E-state index in [-0.39, 0.29) is 22.6 Å². The van der Waals surface area contributed by atoms with Gasteiger partial charge in [0.25, 0.3) is 0 Å². The van der Waals surface area contributed by atoms with Crippen LogP contribution in [0.1, 0.15) is 45.4 Å². The summed E-state index contributed by atoms with van der Waals surface area (Å²) in [5, 5.41) is 2.77. The van der Waals surface area contributed by atoms with Crippen LogP contribution in [0.25, 0.3) is 0 Å². The number of likely N-dealkylation sites (tertiary alicyclic amines) is 1. The third kappa shape index (κ3) is 6.14. The number of anilines is 1. The Balaban J connectivity index is 2.09. The molecule has 2 N–H and O–H groups in total. The monoisotopic (exact) mass is 407 g/mol. The molecule has 1 saturated heterocycles. The summed E-state index contributed by atoms with van der Waals surface area (Å²) in [6.07, 6.45) is 10.5. The number of amides is 1. The zero-order valence-electron chi connectivity index (χ0n) is 16.5. The van der Waals surface area contributed by atoms with E-state index >= 15 is 0 Å². The Morgan fingerprint density at radius 2 is 2.14 bits per heavy atom. The lowest BCUT2D eigenvalue weighted by molar-refractivity contribution is -0.116. The van der Waals surface area contributed by atoms with Crippen molar-refractivity contribution in [3.8, 4) is 18.2 Å². The summed E-state index contributed by atoms with van der Waals surface area (Å²) in [6, 6.07) is 6.87. The van der Waals surface area contributed by atoms with Gasteiger partial charge in [0.05, 0.1) is 7.11 Å². The van der Waals surface area contributed by atoms with Crippen LogP contribution in [0.5, 0.6) is 5.75 Å². The highest BCUT2D eigenvalue weighted by molar-refractivity contribution is 7.89. The number of hydrogen-bond acceptors (Lipinski definition) is 5. The van der Waals surface area contributed by atoms with Gasteiger partial charge in [-0.15, -0.1) is 0 Å². The summed E-state index contributed by atoms with van der Waals surface area (Å²) < 4.78 is 33.6. The second-order valence-corrected chi connectivity index (χ2v) is 8.59. The van der Waals surface area contributed by atoms with E-state index in [1.165, 1.54) is 13.2 Å². The number of hydrogen-bond donors (Lipinski definition) is 2. The summed E-state index contributed by atoms with van der Waals surface area (Å²) in [6.45, 7) is 3.23. The normalized spacial score (nSPS) is 16.6. The number of terminal acetylenes is 1. The van der Waals surface area contributed by atoms with Gasteiger partial charge in [0, 0.05) is 37.3 Å². The molecule has 2 rings (SSSR count). The molecule has 1 amide bonds. The van der Waals surface area contributed by atoms with Crippen molar-refractivity contribution in [3.05, 3.63) is 18.2 Å². The van der Waals surface area contributed by atoms with Gasteiger partial charge in [0.2, 0.25) is 15.9 Å². The van der Waals surface area contributed by atoms with Crippen LogP contribution in [-0.2, 0) is 14.8 Å². The van der Waals surface area contributed by atoms with E-state index in [4.69, 9.17) is 11.2 Å². The van der Waals surface area contributed by atoms with Crippen molar-refractivity contribution in [3.63, 3.8) is 0 Å². The minimum atomic E-state index is -3.82. The van der Waals surface area contributed by atoms with Crippen molar-refractivity contribution >= 4 is 21.6 Å². The molecule has 8 heteroatoms. The first kappa shape index (κ1) is 22.1. The topological polar surface area (TPSA) is 87.7 Å². The number of nitrogens with one attached hydrogen (secondary N) is 2. The average molecular weight is 408 g/mol. The van der Waals surface area contributed by atoms with E-state index in [9.17, 15) is 13.2 Å². The Morgan fingerprint density at radius 1 is 1.36 bits per heavy atom. The van der Waals surface area contributed by atoms with Crippen molar-refractivity contribution < 1.29 is 17.9 Å². The van der Waals surface area contributed by atoms with E-state index < -0.39 is 10.0 Å². The summed E-state index contributed by atoms with van der Waals surface area (Å²) in [5.41, 5.74) is 0.429. The number of rotatable bonds is 10. The van der Waals surface area contributed by atoms with Gasteiger partial charge in [-0.2, -0.15) is 0 Å². The predicted octanol–water partition coefficient (Wildman–Crippen LogP) is 2.55. The molecule has 1 aliphatic rings. The second-order valence-electron chi connectivity index (χ2n) is 6.91. The lowest BCUT2D eigenvalue weighted by atomic mass is 10.1. The van der Waals surface area contributed by atoms with Crippen LogP contribution in [0.3, 0.4) is 0 Å². The molecule has 1 aromatic rings. The lowest BCUT2D eigenvalue weighted by Crippen LogP contribution is -2.36. The van der Waals surface area contributed by atoms with Crippen molar-refractivity contribution in [2.24, 2.45) is 0 Å². The van der Waals surface area contributed by atoms with E-state index in [0.29, 0.717) is 31.6 Å². The molecule has 0 aliphatic carbocycles.